The highest BCUT2D eigenvalue weighted by Crippen LogP contribution is 2.38. The molecule has 1 aliphatic rings. The molecule has 2 heterocycles. The summed E-state index contributed by atoms with van der Waals surface area (Å²) in [4.78, 5) is 7.24. The Bertz CT molecular complexity index is 1110. The van der Waals surface area contributed by atoms with Gasteiger partial charge in [-0.05, 0) is 56.0 Å². The highest BCUT2D eigenvalue weighted by atomic mass is 32.2. The van der Waals surface area contributed by atoms with E-state index < -0.39 is 9.84 Å². The summed E-state index contributed by atoms with van der Waals surface area (Å²) in [7, 11) is -3.69. The van der Waals surface area contributed by atoms with E-state index >= 15 is 0 Å². The van der Waals surface area contributed by atoms with Gasteiger partial charge < -0.3 is 9.64 Å². The number of pyridine rings is 1. The van der Waals surface area contributed by atoms with Crippen molar-refractivity contribution >= 4 is 26.4 Å². The van der Waals surface area contributed by atoms with Crippen LogP contribution < -0.4 is 9.64 Å². The van der Waals surface area contributed by atoms with Gasteiger partial charge in [-0.15, -0.1) is 0 Å². The summed E-state index contributed by atoms with van der Waals surface area (Å²) >= 11 is 0. The van der Waals surface area contributed by atoms with E-state index in [0.29, 0.717) is 12.5 Å². The van der Waals surface area contributed by atoms with E-state index in [-0.39, 0.29) is 9.79 Å². The van der Waals surface area contributed by atoms with Crippen molar-refractivity contribution < 1.29 is 13.2 Å². The summed E-state index contributed by atoms with van der Waals surface area (Å²) < 4.78 is 32.7. The fourth-order valence-electron chi connectivity index (χ4n) is 3.88. The average Bonchev–Trinajstić information content (AvgIpc) is 2.74. The lowest BCUT2D eigenvalue weighted by atomic mass is 9.98. The standard InChI is InChI=1S/C23H26N2O3S/c1-3-28-18-9-10-21-20(15-18)23(25-13-11-17(2)12-14-25)22(16-24-21)29(26,27)19-7-5-4-6-8-19/h4-10,15-17H,3,11-14H2,1-2H3. The van der Waals surface area contributed by atoms with Crippen molar-refractivity contribution in [2.45, 2.75) is 36.5 Å². The molecule has 0 spiro atoms. The zero-order valence-electron chi connectivity index (χ0n) is 16.8. The SMILES string of the molecule is CCOc1ccc2ncc(S(=O)(=O)c3ccccc3)c(N3CCC(C)CC3)c2c1. The molecule has 152 valence electrons. The van der Waals surface area contributed by atoms with E-state index in [1.807, 2.05) is 31.2 Å². The van der Waals surface area contributed by atoms with Crippen LogP contribution in [0.4, 0.5) is 5.69 Å². The van der Waals surface area contributed by atoms with Crippen LogP contribution >= 0.6 is 0 Å². The molecule has 0 atom stereocenters. The summed E-state index contributed by atoms with van der Waals surface area (Å²) in [5, 5.41) is 0.822. The second kappa shape index (κ2) is 8.03. The van der Waals surface area contributed by atoms with Crippen molar-refractivity contribution in [3.63, 3.8) is 0 Å². The maximum atomic E-state index is 13.5. The number of anilines is 1. The Morgan fingerprint density at radius 3 is 2.52 bits per heavy atom. The largest absolute Gasteiger partial charge is 0.494 e. The van der Waals surface area contributed by atoms with E-state index in [4.69, 9.17) is 4.74 Å². The first-order valence-electron chi connectivity index (χ1n) is 10.1. The highest BCUT2D eigenvalue weighted by Gasteiger charge is 2.28. The summed E-state index contributed by atoms with van der Waals surface area (Å²) in [5.74, 6) is 1.37. The van der Waals surface area contributed by atoms with Crippen LogP contribution in [0.25, 0.3) is 10.9 Å². The van der Waals surface area contributed by atoms with Gasteiger partial charge in [0.05, 0.1) is 22.7 Å². The van der Waals surface area contributed by atoms with Crippen molar-refractivity contribution in [1.82, 2.24) is 4.98 Å². The first kappa shape index (κ1) is 19.7. The van der Waals surface area contributed by atoms with Gasteiger partial charge in [0.25, 0.3) is 0 Å². The minimum absolute atomic E-state index is 0.263. The first-order valence-corrected chi connectivity index (χ1v) is 11.6. The van der Waals surface area contributed by atoms with E-state index in [1.54, 1.807) is 24.3 Å². The van der Waals surface area contributed by atoms with Gasteiger partial charge in [-0.3, -0.25) is 4.98 Å². The molecule has 4 rings (SSSR count). The smallest absolute Gasteiger partial charge is 0.210 e. The average molecular weight is 411 g/mol. The Balaban J connectivity index is 1.95. The number of nitrogens with zero attached hydrogens (tertiary/aromatic N) is 2. The van der Waals surface area contributed by atoms with Crippen molar-refractivity contribution in [2.75, 3.05) is 24.6 Å². The maximum Gasteiger partial charge on any atom is 0.210 e. The van der Waals surface area contributed by atoms with Crippen LogP contribution in [0, 0.1) is 5.92 Å². The molecule has 0 aliphatic carbocycles. The summed E-state index contributed by atoms with van der Waals surface area (Å²) in [6.45, 7) is 6.40. The molecule has 6 heteroatoms. The number of ether oxygens (including phenoxy) is 1. The van der Waals surface area contributed by atoms with Crippen molar-refractivity contribution in [3.05, 3.63) is 54.7 Å². The van der Waals surface area contributed by atoms with Crippen LogP contribution in [-0.2, 0) is 9.84 Å². The fraction of sp³-hybridized carbons (Fsp3) is 0.348. The molecule has 0 bridgehead atoms. The molecule has 2 aromatic carbocycles. The molecule has 1 aliphatic heterocycles. The second-order valence-corrected chi connectivity index (χ2v) is 9.49. The van der Waals surface area contributed by atoms with Crippen LogP contribution in [0.3, 0.4) is 0 Å². The minimum atomic E-state index is -3.69. The van der Waals surface area contributed by atoms with Gasteiger partial charge in [0.1, 0.15) is 10.6 Å². The van der Waals surface area contributed by atoms with E-state index in [9.17, 15) is 8.42 Å². The predicted octanol–water partition coefficient (Wildman–Crippen LogP) is 4.70. The molecule has 1 aromatic heterocycles. The van der Waals surface area contributed by atoms with Crippen LogP contribution in [0.15, 0.2) is 64.5 Å². The summed E-state index contributed by atoms with van der Waals surface area (Å²) in [6, 6.07) is 14.3. The molecule has 0 N–H and O–H groups in total. The van der Waals surface area contributed by atoms with Gasteiger partial charge in [-0.2, -0.15) is 0 Å². The molecular weight excluding hydrogens is 384 g/mol. The van der Waals surface area contributed by atoms with E-state index in [2.05, 4.69) is 16.8 Å². The molecule has 29 heavy (non-hydrogen) atoms. The third-order valence-electron chi connectivity index (χ3n) is 5.53. The molecule has 3 aromatic rings. The third kappa shape index (κ3) is 3.81. The van der Waals surface area contributed by atoms with Crippen molar-refractivity contribution in [1.29, 1.82) is 0 Å². The zero-order chi connectivity index (χ0) is 20.4. The molecule has 0 unspecified atom stereocenters. The number of aromatic nitrogens is 1. The van der Waals surface area contributed by atoms with Crippen molar-refractivity contribution in [2.24, 2.45) is 5.92 Å². The van der Waals surface area contributed by atoms with E-state index in [1.165, 1.54) is 6.20 Å². The lowest BCUT2D eigenvalue weighted by molar-refractivity contribution is 0.340. The number of hydrogen-bond acceptors (Lipinski definition) is 5. The van der Waals surface area contributed by atoms with Crippen molar-refractivity contribution in [3.8, 4) is 5.75 Å². The van der Waals surface area contributed by atoms with Crippen LogP contribution in [0.2, 0.25) is 0 Å². The number of benzene rings is 2. The van der Waals surface area contributed by atoms with Gasteiger partial charge in [0.2, 0.25) is 9.84 Å². The number of fused-ring (bicyclic) bond motifs is 1. The van der Waals surface area contributed by atoms with Gasteiger partial charge in [0, 0.05) is 24.7 Å². The topological polar surface area (TPSA) is 59.5 Å². The molecule has 5 nitrogen and oxygen atoms in total. The zero-order valence-corrected chi connectivity index (χ0v) is 17.7. The number of sulfone groups is 1. The van der Waals surface area contributed by atoms with Gasteiger partial charge in [-0.25, -0.2) is 8.42 Å². The minimum Gasteiger partial charge on any atom is -0.494 e. The van der Waals surface area contributed by atoms with Crippen LogP contribution in [-0.4, -0.2) is 33.1 Å². The number of rotatable bonds is 5. The van der Waals surface area contributed by atoms with E-state index in [0.717, 1.165) is 48.3 Å². The molecule has 0 radical (unpaired) electrons. The molecular formula is C23H26N2O3S. The maximum absolute atomic E-state index is 13.5. The normalized spacial score (nSPS) is 15.6. The number of hydrogen-bond donors (Lipinski definition) is 0. The fourth-order valence-corrected chi connectivity index (χ4v) is 5.33. The first-order chi connectivity index (χ1) is 14.0. The molecule has 0 saturated carbocycles. The lowest BCUT2D eigenvalue weighted by Gasteiger charge is -2.34. The number of piperidine rings is 1. The molecule has 1 fully saturated rings. The van der Waals surface area contributed by atoms with Gasteiger partial charge in [0.15, 0.2) is 0 Å². The lowest BCUT2D eigenvalue weighted by Crippen LogP contribution is -2.34. The Morgan fingerprint density at radius 2 is 1.83 bits per heavy atom. The quantitative estimate of drug-likeness (QED) is 0.610. The Morgan fingerprint density at radius 1 is 1.10 bits per heavy atom. The Hall–Kier alpha value is -2.60. The second-order valence-electron chi connectivity index (χ2n) is 7.57. The van der Waals surface area contributed by atoms with Gasteiger partial charge in [-0.1, -0.05) is 25.1 Å². The summed E-state index contributed by atoms with van der Waals surface area (Å²) in [5.41, 5.74) is 1.52. The Labute approximate surface area is 172 Å². The monoisotopic (exact) mass is 410 g/mol. The van der Waals surface area contributed by atoms with Crippen LogP contribution in [0.5, 0.6) is 5.75 Å². The predicted molar refractivity (Wildman–Crippen MR) is 115 cm³/mol. The third-order valence-corrected chi connectivity index (χ3v) is 7.30. The Kier molecular flexibility index (Phi) is 5.46. The molecule has 0 amide bonds. The van der Waals surface area contributed by atoms with Crippen LogP contribution in [0.1, 0.15) is 26.7 Å². The highest BCUT2D eigenvalue weighted by molar-refractivity contribution is 7.91. The molecule has 1 saturated heterocycles. The summed E-state index contributed by atoms with van der Waals surface area (Å²) in [6.07, 6.45) is 3.60. The van der Waals surface area contributed by atoms with Gasteiger partial charge >= 0.3 is 0 Å².